The molecule has 6 nitrogen and oxygen atoms in total. The Morgan fingerprint density at radius 3 is 2.60 bits per heavy atom. The normalized spacial score (nSPS) is 31.4. The van der Waals surface area contributed by atoms with E-state index >= 15 is 0 Å². The molecule has 7 heteroatoms. The van der Waals surface area contributed by atoms with Gasteiger partial charge in [-0.15, -0.1) is 0 Å². The number of fused-ring (bicyclic) bond motifs is 1. The third-order valence-corrected chi connectivity index (χ3v) is 5.88. The lowest BCUT2D eigenvalue weighted by Crippen LogP contribution is -2.51. The predicted molar refractivity (Wildman–Crippen MR) is 75.4 cm³/mol. The third-order valence-electron chi connectivity index (χ3n) is 4.27. The quantitative estimate of drug-likeness (QED) is 0.799. The molecule has 0 radical (unpaired) electrons. The van der Waals surface area contributed by atoms with Gasteiger partial charge < -0.3 is 5.11 Å². The molecule has 2 fully saturated rings. The molecule has 0 aromatic carbocycles. The van der Waals surface area contributed by atoms with Gasteiger partial charge in [0.1, 0.15) is 6.04 Å². The Morgan fingerprint density at radius 2 is 2.00 bits per heavy atom. The topological polar surface area (TPSA) is 86.7 Å². The molecule has 2 rings (SSSR count). The van der Waals surface area contributed by atoms with Crippen LogP contribution < -0.4 is 4.72 Å². The van der Waals surface area contributed by atoms with Gasteiger partial charge in [0.05, 0.1) is 0 Å². The molecule has 1 aliphatic heterocycles. The van der Waals surface area contributed by atoms with Crippen molar-refractivity contribution in [3.8, 4) is 0 Å². The summed E-state index contributed by atoms with van der Waals surface area (Å²) >= 11 is 0. The Hall–Kier alpha value is -0.660. The first-order chi connectivity index (χ1) is 9.33. The molecule has 1 saturated heterocycles. The van der Waals surface area contributed by atoms with E-state index in [0.29, 0.717) is 13.0 Å². The molecule has 0 spiro atoms. The van der Waals surface area contributed by atoms with E-state index in [1.807, 2.05) is 13.8 Å². The summed E-state index contributed by atoms with van der Waals surface area (Å²) in [5, 5.41) is 9.34. The van der Waals surface area contributed by atoms with Crippen LogP contribution in [0.3, 0.4) is 0 Å². The summed E-state index contributed by atoms with van der Waals surface area (Å²) in [5.74, 6) is -0.646. The van der Waals surface area contributed by atoms with Crippen LogP contribution in [0, 0.1) is 11.8 Å². The fourth-order valence-corrected chi connectivity index (χ4v) is 5.16. The van der Waals surface area contributed by atoms with Gasteiger partial charge in [-0.05, 0) is 31.1 Å². The van der Waals surface area contributed by atoms with Gasteiger partial charge in [0.15, 0.2) is 0 Å². The van der Waals surface area contributed by atoms with Gasteiger partial charge in [-0.2, -0.15) is 12.7 Å². The summed E-state index contributed by atoms with van der Waals surface area (Å²) < 4.78 is 28.7. The zero-order valence-electron chi connectivity index (χ0n) is 12.1. The number of aliphatic carboxylic acids is 1. The highest BCUT2D eigenvalue weighted by Crippen LogP contribution is 2.41. The molecular weight excluding hydrogens is 280 g/mol. The minimum absolute atomic E-state index is 0.144. The van der Waals surface area contributed by atoms with E-state index in [0.717, 1.165) is 25.7 Å². The van der Waals surface area contributed by atoms with Gasteiger partial charge in [-0.25, -0.2) is 4.72 Å². The highest BCUT2D eigenvalue weighted by atomic mass is 32.2. The number of carboxylic acid groups (broad SMARTS) is 1. The molecule has 1 aliphatic carbocycles. The summed E-state index contributed by atoms with van der Waals surface area (Å²) in [4.78, 5) is 11.4. The van der Waals surface area contributed by atoms with Crippen LogP contribution in [-0.2, 0) is 15.0 Å². The molecule has 0 amide bonds. The molecule has 3 atom stereocenters. The van der Waals surface area contributed by atoms with Crippen molar-refractivity contribution in [3.05, 3.63) is 0 Å². The van der Waals surface area contributed by atoms with Crippen molar-refractivity contribution in [1.82, 2.24) is 9.03 Å². The molecule has 2 N–H and O–H groups in total. The summed E-state index contributed by atoms with van der Waals surface area (Å²) in [5.41, 5.74) is 0. The van der Waals surface area contributed by atoms with E-state index in [2.05, 4.69) is 4.72 Å². The average molecular weight is 304 g/mol. The minimum atomic E-state index is -3.72. The summed E-state index contributed by atoms with van der Waals surface area (Å²) in [7, 11) is -3.72. The second kappa shape index (κ2) is 5.99. The number of hydrogen-bond acceptors (Lipinski definition) is 3. The fourth-order valence-electron chi connectivity index (χ4n) is 3.32. The first-order valence-corrected chi connectivity index (χ1v) is 8.78. The lowest BCUT2D eigenvalue weighted by molar-refractivity contribution is -0.141. The standard InChI is InChI=1S/C13H24N2O4S/c1-9(2)8-14-20(18,19)15-11-6-4-3-5-10(11)7-12(15)13(16)17/h9-12,14H,3-8H2,1-2H3,(H,16,17). The van der Waals surface area contributed by atoms with Gasteiger partial charge in [-0.3, -0.25) is 4.79 Å². The zero-order chi connectivity index (χ0) is 14.9. The van der Waals surface area contributed by atoms with E-state index in [1.54, 1.807) is 0 Å². The Kier molecular flexibility index (Phi) is 4.71. The molecule has 1 heterocycles. The van der Waals surface area contributed by atoms with Crippen LogP contribution in [-0.4, -0.2) is 42.4 Å². The number of nitrogens with one attached hydrogen (secondary N) is 1. The second-order valence-electron chi connectivity index (χ2n) is 6.28. The smallest absolute Gasteiger partial charge is 0.322 e. The number of rotatable bonds is 5. The van der Waals surface area contributed by atoms with Crippen LogP contribution in [0.4, 0.5) is 0 Å². The third kappa shape index (κ3) is 3.15. The Morgan fingerprint density at radius 1 is 1.35 bits per heavy atom. The monoisotopic (exact) mass is 304 g/mol. The number of carbonyl (C=O) groups is 1. The number of hydrogen-bond donors (Lipinski definition) is 2. The first-order valence-electron chi connectivity index (χ1n) is 7.34. The van der Waals surface area contributed by atoms with E-state index in [1.165, 1.54) is 4.31 Å². The number of nitrogens with zero attached hydrogens (tertiary/aromatic N) is 1. The van der Waals surface area contributed by atoms with E-state index in [-0.39, 0.29) is 17.9 Å². The van der Waals surface area contributed by atoms with E-state index in [9.17, 15) is 18.3 Å². The van der Waals surface area contributed by atoms with Crippen molar-refractivity contribution in [1.29, 1.82) is 0 Å². The SMILES string of the molecule is CC(C)CNS(=O)(=O)N1C(C(=O)O)CC2CCCCC21. The van der Waals surface area contributed by atoms with Crippen molar-refractivity contribution in [3.63, 3.8) is 0 Å². The van der Waals surface area contributed by atoms with Crippen LogP contribution >= 0.6 is 0 Å². The van der Waals surface area contributed by atoms with Gasteiger partial charge in [0.25, 0.3) is 10.2 Å². The largest absolute Gasteiger partial charge is 0.480 e. The van der Waals surface area contributed by atoms with Crippen LogP contribution in [0.1, 0.15) is 46.0 Å². The molecule has 20 heavy (non-hydrogen) atoms. The van der Waals surface area contributed by atoms with Gasteiger partial charge in [-0.1, -0.05) is 26.7 Å². The molecule has 3 unspecified atom stereocenters. The van der Waals surface area contributed by atoms with Crippen molar-refractivity contribution in [2.75, 3.05) is 6.54 Å². The molecule has 2 aliphatic rings. The second-order valence-corrected chi connectivity index (χ2v) is 7.94. The molecule has 0 aromatic heterocycles. The molecule has 0 bridgehead atoms. The minimum Gasteiger partial charge on any atom is -0.480 e. The van der Waals surface area contributed by atoms with E-state index < -0.39 is 22.2 Å². The van der Waals surface area contributed by atoms with Gasteiger partial charge >= 0.3 is 5.97 Å². The summed E-state index contributed by atoms with van der Waals surface area (Å²) in [6, 6.07) is -1.05. The maximum absolute atomic E-state index is 12.5. The Bertz CT molecular complexity index is 463. The fraction of sp³-hybridized carbons (Fsp3) is 0.923. The van der Waals surface area contributed by atoms with Crippen LogP contribution in [0.5, 0.6) is 0 Å². The average Bonchev–Trinajstić information content (AvgIpc) is 2.76. The maximum Gasteiger partial charge on any atom is 0.322 e. The Balaban J connectivity index is 2.22. The maximum atomic E-state index is 12.5. The van der Waals surface area contributed by atoms with Crippen molar-refractivity contribution < 1.29 is 18.3 Å². The van der Waals surface area contributed by atoms with Crippen molar-refractivity contribution >= 4 is 16.2 Å². The van der Waals surface area contributed by atoms with E-state index in [4.69, 9.17) is 0 Å². The molecule has 0 aromatic rings. The Labute approximate surface area is 120 Å². The zero-order valence-corrected chi connectivity index (χ0v) is 12.9. The highest BCUT2D eigenvalue weighted by molar-refractivity contribution is 7.87. The first kappa shape index (κ1) is 15.7. The predicted octanol–water partition coefficient (Wildman–Crippen LogP) is 1.19. The lowest BCUT2D eigenvalue weighted by atomic mass is 9.85. The van der Waals surface area contributed by atoms with Gasteiger partial charge in [0, 0.05) is 12.6 Å². The summed E-state index contributed by atoms with van der Waals surface area (Å²) in [6.07, 6.45) is 4.20. The lowest BCUT2D eigenvalue weighted by Gasteiger charge is -2.32. The highest BCUT2D eigenvalue weighted by Gasteiger charge is 2.50. The summed E-state index contributed by atoms with van der Waals surface area (Å²) in [6.45, 7) is 4.18. The van der Waals surface area contributed by atoms with Crippen molar-refractivity contribution in [2.45, 2.75) is 58.0 Å². The van der Waals surface area contributed by atoms with Crippen molar-refractivity contribution in [2.24, 2.45) is 11.8 Å². The van der Waals surface area contributed by atoms with Gasteiger partial charge in [0.2, 0.25) is 0 Å². The van der Waals surface area contributed by atoms with Crippen LogP contribution in [0.25, 0.3) is 0 Å². The van der Waals surface area contributed by atoms with Crippen LogP contribution in [0.15, 0.2) is 0 Å². The molecule has 1 saturated carbocycles. The number of carboxylic acids is 1. The molecular formula is C13H24N2O4S. The molecule has 116 valence electrons. The van der Waals surface area contributed by atoms with Crippen LogP contribution in [0.2, 0.25) is 0 Å².